The van der Waals surface area contributed by atoms with Crippen LogP contribution < -0.4 is 11.1 Å². The Balaban J connectivity index is 1.82. The number of hydrogen-bond donors (Lipinski definition) is 1. The van der Waals surface area contributed by atoms with Gasteiger partial charge in [-0.3, -0.25) is 19.0 Å². The fourth-order valence-corrected chi connectivity index (χ4v) is 5.89. The first-order valence-corrected chi connectivity index (χ1v) is 13.8. The lowest BCUT2D eigenvalue weighted by molar-refractivity contribution is -0.132. The molecule has 1 amide bonds. The van der Waals surface area contributed by atoms with E-state index in [4.69, 9.17) is 23.2 Å². The summed E-state index contributed by atoms with van der Waals surface area (Å²) in [6, 6.07) is 13.8. The molecule has 7 nitrogen and oxygen atoms in total. The minimum Gasteiger partial charge on any atom is -0.508 e. The van der Waals surface area contributed by atoms with Crippen LogP contribution in [0.2, 0.25) is 10.0 Å². The number of halogens is 2. The van der Waals surface area contributed by atoms with E-state index in [1.807, 2.05) is 39.0 Å². The predicted molar refractivity (Wildman–Crippen MR) is 160 cm³/mol. The molecule has 1 saturated heterocycles. The molecule has 0 aliphatic carbocycles. The molecule has 1 fully saturated rings. The maximum absolute atomic E-state index is 13.9. The molecule has 0 saturated carbocycles. The Morgan fingerprint density at radius 1 is 1.02 bits per heavy atom. The second-order valence-corrected chi connectivity index (χ2v) is 11.3. The number of rotatable bonds is 6. The maximum Gasteiger partial charge on any atom is 0.321 e. The highest BCUT2D eigenvalue weighted by Gasteiger charge is 2.31. The molecule has 9 heteroatoms. The summed E-state index contributed by atoms with van der Waals surface area (Å²) in [6.45, 7) is 10.7. The van der Waals surface area contributed by atoms with Crippen molar-refractivity contribution in [3.05, 3.63) is 103 Å². The fourth-order valence-electron chi connectivity index (χ4n) is 5.41. The number of phenols is 1. The van der Waals surface area contributed by atoms with Crippen LogP contribution in [-0.4, -0.2) is 38.1 Å². The Morgan fingerprint density at radius 3 is 2.40 bits per heavy atom. The van der Waals surface area contributed by atoms with Crippen molar-refractivity contribution in [3.8, 4) is 22.6 Å². The van der Waals surface area contributed by atoms with Crippen molar-refractivity contribution in [2.75, 3.05) is 13.1 Å². The predicted octanol–water partition coefficient (Wildman–Crippen LogP) is 5.91. The summed E-state index contributed by atoms with van der Waals surface area (Å²) in [4.78, 5) is 41.3. The molecule has 1 aliphatic heterocycles. The molecule has 0 unspecified atom stereocenters. The number of aromatic hydroxyl groups is 1. The van der Waals surface area contributed by atoms with Crippen molar-refractivity contribution in [2.45, 2.75) is 33.2 Å². The van der Waals surface area contributed by atoms with Crippen LogP contribution >= 0.6 is 23.2 Å². The number of aromatic nitrogens is 2. The van der Waals surface area contributed by atoms with Gasteiger partial charge in [0.2, 0.25) is 5.91 Å². The molecular weight excluding hydrogens is 549 g/mol. The number of benzene rings is 3. The van der Waals surface area contributed by atoms with Gasteiger partial charge in [-0.1, -0.05) is 61.8 Å². The number of aryl methyl sites for hydroxylation is 1. The quantitative estimate of drug-likeness (QED) is 0.228. The largest absolute Gasteiger partial charge is 0.508 e. The second-order valence-electron chi connectivity index (χ2n) is 10.5. The second kappa shape index (κ2) is 10.6. The molecule has 1 aliphatic rings. The van der Waals surface area contributed by atoms with Gasteiger partial charge in [0, 0.05) is 41.7 Å². The Bertz CT molecular complexity index is 1800. The highest BCUT2D eigenvalue weighted by molar-refractivity contribution is 6.37. The van der Waals surface area contributed by atoms with Crippen LogP contribution in [0.25, 0.3) is 27.8 Å². The minimum absolute atomic E-state index is 0.0105. The van der Waals surface area contributed by atoms with E-state index in [-0.39, 0.29) is 30.0 Å². The van der Waals surface area contributed by atoms with E-state index in [1.165, 1.54) is 27.3 Å². The summed E-state index contributed by atoms with van der Waals surface area (Å²) >= 11 is 13.3. The number of para-hydroxylation sites is 1. The van der Waals surface area contributed by atoms with Gasteiger partial charge in [-0.25, -0.2) is 0 Å². The molecule has 1 N–H and O–H groups in total. The molecule has 40 heavy (non-hydrogen) atoms. The lowest BCUT2D eigenvalue weighted by Crippen LogP contribution is -2.52. The van der Waals surface area contributed by atoms with E-state index in [1.54, 1.807) is 23.1 Å². The van der Waals surface area contributed by atoms with Gasteiger partial charge in [0.25, 0.3) is 0 Å². The first-order valence-electron chi connectivity index (χ1n) is 13.0. The zero-order valence-electron chi connectivity index (χ0n) is 22.4. The number of carbonyl (C=O) groups is 1. The number of nitrogens with zero attached hydrogens (tertiary/aromatic N) is 3. The van der Waals surface area contributed by atoms with Gasteiger partial charge in [-0.05, 0) is 60.4 Å². The van der Waals surface area contributed by atoms with Crippen LogP contribution in [0.4, 0.5) is 0 Å². The number of fused-ring (bicyclic) bond motifs is 1. The molecule has 1 aromatic heterocycles. The number of phenolic OH excluding ortho intramolecular Hbond substituents is 1. The van der Waals surface area contributed by atoms with Gasteiger partial charge in [0.1, 0.15) is 5.75 Å². The number of carbonyl (C=O) groups excluding carboxylic acids is 1. The van der Waals surface area contributed by atoms with Gasteiger partial charge in [0.05, 0.1) is 21.7 Å². The first-order chi connectivity index (χ1) is 19.0. The average molecular weight is 578 g/mol. The molecular formula is C31H29Cl2N3O4. The Labute approximate surface area is 241 Å². The van der Waals surface area contributed by atoms with Crippen LogP contribution in [-0.2, 0) is 11.3 Å². The van der Waals surface area contributed by atoms with Crippen molar-refractivity contribution >= 4 is 40.1 Å². The van der Waals surface area contributed by atoms with E-state index < -0.39 is 11.1 Å². The lowest BCUT2D eigenvalue weighted by Gasteiger charge is -2.39. The van der Waals surface area contributed by atoms with Crippen LogP contribution in [0.15, 0.2) is 70.8 Å². The van der Waals surface area contributed by atoms with Crippen molar-refractivity contribution in [1.82, 2.24) is 14.0 Å². The molecule has 2 heterocycles. The zero-order chi connectivity index (χ0) is 28.9. The number of amides is 1. The monoisotopic (exact) mass is 577 g/mol. The summed E-state index contributed by atoms with van der Waals surface area (Å²) in [6.07, 6.45) is 1.27. The van der Waals surface area contributed by atoms with E-state index in [2.05, 4.69) is 6.58 Å². The summed E-state index contributed by atoms with van der Waals surface area (Å²) in [5.74, 6) is -0.0820. The van der Waals surface area contributed by atoms with Crippen LogP contribution in [0.1, 0.15) is 30.9 Å². The lowest BCUT2D eigenvalue weighted by atomic mass is 9.97. The standard InChI is InChI=1S/C31H29Cl2N3O4/c1-5-28(38)34-14-19(15-34)16-35-26-13-25(33)23(22-11-20(37)9-10-24(22)32)12-27(26)36(31(40)30(35)39)29-18(4)7-6-8-21(29)17(2)3/h5-13,17,19,37H,1,14-16H2,2-4H3. The summed E-state index contributed by atoms with van der Waals surface area (Å²) < 4.78 is 2.94. The third-order valence-corrected chi connectivity index (χ3v) is 8.11. The topological polar surface area (TPSA) is 84.5 Å². The van der Waals surface area contributed by atoms with Gasteiger partial charge in [-0.2, -0.15) is 0 Å². The zero-order valence-corrected chi connectivity index (χ0v) is 24.0. The normalized spacial score (nSPS) is 13.6. The van der Waals surface area contributed by atoms with Crippen molar-refractivity contribution in [3.63, 3.8) is 0 Å². The van der Waals surface area contributed by atoms with Crippen LogP contribution in [0.5, 0.6) is 5.75 Å². The smallest absolute Gasteiger partial charge is 0.321 e. The van der Waals surface area contributed by atoms with E-state index in [0.717, 1.165) is 11.1 Å². The number of likely N-dealkylation sites (tertiary alicyclic amines) is 1. The molecule has 0 bridgehead atoms. The van der Waals surface area contributed by atoms with Gasteiger partial charge in [-0.15, -0.1) is 0 Å². The third-order valence-electron chi connectivity index (χ3n) is 7.47. The molecule has 0 atom stereocenters. The maximum atomic E-state index is 13.9. The van der Waals surface area contributed by atoms with Crippen molar-refractivity contribution < 1.29 is 9.90 Å². The minimum atomic E-state index is -0.683. The molecule has 0 spiro atoms. The summed E-state index contributed by atoms with van der Waals surface area (Å²) in [5.41, 5.74) is 3.05. The van der Waals surface area contributed by atoms with E-state index >= 15 is 0 Å². The molecule has 5 rings (SSSR count). The van der Waals surface area contributed by atoms with E-state index in [0.29, 0.717) is 51.0 Å². The Morgan fingerprint density at radius 2 is 1.73 bits per heavy atom. The molecule has 4 aromatic rings. The highest BCUT2D eigenvalue weighted by Crippen LogP contribution is 2.38. The van der Waals surface area contributed by atoms with Gasteiger partial charge in [0.15, 0.2) is 0 Å². The summed E-state index contributed by atoms with van der Waals surface area (Å²) in [7, 11) is 0. The average Bonchev–Trinajstić information content (AvgIpc) is 2.89. The highest BCUT2D eigenvalue weighted by atomic mass is 35.5. The van der Waals surface area contributed by atoms with Crippen LogP contribution in [0.3, 0.4) is 0 Å². The SMILES string of the molecule is C=CC(=O)N1CC(Cn2c(=O)c(=O)n(-c3c(C)cccc3C(C)C)c3cc(-c4cc(O)ccc4Cl)c(Cl)cc32)C1. The first kappa shape index (κ1) is 27.7. The number of hydrogen-bond acceptors (Lipinski definition) is 4. The Kier molecular flexibility index (Phi) is 7.38. The fraction of sp³-hybridized carbons (Fsp3) is 0.258. The third kappa shape index (κ3) is 4.73. The molecule has 206 valence electrons. The van der Waals surface area contributed by atoms with Gasteiger partial charge < -0.3 is 14.6 Å². The van der Waals surface area contributed by atoms with Gasteiger partial charge >= 0.3 is 11.1 Å². The Hall–Kier alpha value is -3.81. The van der Waals surface area contributed by atoms with Crippen molar-refractivity contribution in [1.29, 1.82) is 0 Å². The molecule has 0 radical (unpaired) electrons. The van der Waals surface area contributed by atoms with E-state index in [9.17, 15) is 19.5 Å². The summed E-state index contributed by atoms with van der Waals surface area (Å²) in [5, 5.41) is 10.9. The van der Waals surface area contributed by atoms with Crippen molar-refractivity contribution in [2.24, 2.45) is 5.92 Å². The van der Waals surface area contributed by atoms with Crippen LogP contribution in [0, 0.1) is 12.8 Å². The molecule has 3 aromatic carbocycles.